The van der Waals surface area contributed by atoms with Gasteiger partial charge in [-0.05, 0) is 37.3 Å². The normalized spacial score (nSPS) is 23.5. The summed E-state index contributed by atoms with van der Waals surface area (Å²) in [6, 6.07) is 1.74. The molecular formula is C14H21NO3S. The number of hydrogen-bond acceptors (Lipinski definition) is 4. The smallest absolute Gasteiger partial charge is 0.345 e. The van der Waals surface area contributed by atoms with Crippen LogP contribution < -0.4 is 5.32 Å². The highest BCUT2D eigenvalue weighted by Crippen LogP contribution is 2.24. The SMILES string of the molecule is Cc1sc(C(=O)O)cc1CNCC1CCCCC1O. The van der Waals surface area contributed by atoms with Crippen molar-refractivity contribution in [1.82, 2.24) is 5.32 Å². The van der Waals surface area contributed by atoms with Crippen molar-refractivity contribution in [2.75, 3.05) is 6.54 Å². The minimum absolute atomic E-state index is 0.181. The van der Waals surface area contributed by atoms with Crippen LogP contribution in [0.25, 0.3) is 0 Å². The summed E-state index contributed by atoms with van der Waals surface area (Å²) < 4.78 is 0. The summed E-state index contributed by atoms with van der Waals surface area (Å²) in [5, 5.41) is 22.2. The maximum Gasteiger partial charge on any atom is 0.345 e. The van der Waals surface area contributed by atoms with Crippen molar-refractivity contribution in [2.24, 2.45) is 5.92 Å². The molecule has 2 atom stereocenters. The van der Waals surface area contributed by atoms with Crippen molar-refractivity contribution in [1.29, 1.82) is 0 Å². The number of aliphatic hydroxyl groups excluding tert-OH is 1. The first-order valence-electron chi connectivity index (χ1n) is 6.79. The first-order chi connectivity index (χ1) is 9.08. The molecule has 106 valence electrons. The average Bonchev–Trinajstić information content (AvgIpc) is 2.74. The summed E-state index contributed by atoms with van der Waals surface area (Å²) in [7, 11) is 0. The number of aryl methyl sites for hydroxylation is 1. The summed E-state index contributed by atoms with van der Waals surface area (Å²) in [5.41, 5.74) is 1.05. The molecular weight excluding hydrogens is 262 g/mol. The maximum atomic E-state index is 10.9. The fourth-order valence-electron chi connectivity index (χ4n) is 2.62. The molecule has 1 aliphatic carbocycles. The highest BCUT2D eigenvalue weighted by atomic mass is 32.1. The van der Waals surface area contributed by atoms with Crippen molar-refractivity contribution < 1.29 is 15.0 Å². The van der Waals surface area contributed by atoms with Crippen LogP contribution in [0, 0.1) is 12.8 Å². The van der Waals surface area contributed by atoms with Crippen LogP contribution in [-0.4, -0.2) is 28.8 Å². The van der Waals surface area contributed by atoms with Gasteiger partial charge in [0.2, 0.25) is 0 Å². The van der Waals surface area contributed by atoms with Gasteiger partial charge in [0.1, 0.15) is 4.88 Å². The van der Waals surface area contributed by atoms with Crippen LogP contribution in [0.3, 0.4) is 0 Å². The molecule has 5 heteroatoms. The van der Waals surface area contributed by atoms with Gasteiger partial charge in [-0.2, -0.15) is 0 Å². The molecule has 2 rings (SSSR count). The van der Waals surface area contributed by atoms with Gasteiger partial charge in [0, 0.05) is 18.0 Å². The number of hydrogen-bond donors (Lipinski definition) is 3. The minimum Gasteiger partial charge on any atom is -0.477 e. The van der Waals surface area contributed by atoms with E-state index >= 15 is 0 Å². The van der Waals surface area contributed by atoms with Crippen LogP contribution in [0.1, 0.15) is 45.8 Å². The molecule has 2 unspecified atom stereocenters. The van der Waals surface area contributed by atoms with E-state index < -0.39 is 5.97 Å². The number of carbonyl (C=O) groups is 1. The predicted octanol–water partition coefficient (Wildman–Crippen LogP) is 2.40. The Balaban J connectivity index is 1.83. The van der Waals surface area contributed by atoms with Gasteiger partial charge in [-0.3, -0.25) is 0 Å². The van der Waals surface area contributed by atoms with Gasteiger partial charge in [-0.1, -0.05) is 12.8 Å². The third-order valence-corrected chi connectivity index (χ3v) is 4.90. The third-order valence-electron chi connectivity index (χ3n) is 3.82. The van der Waals surface area contributed by atoms with Gasteiger partial charge in [-0.15, -0.1) is 11.3 Å². The van der Waals surface area contributed by atoms with Crippen LogP contribution in [0.2, 0.25) is 0 Å². The van der Waals surface area contributed by atoms with E-state index in [4.69, 9.17) is 5.11 Å². The molecule has 1 heterocycles. The Morgan fingerprint density at radius 1 is 1.47 bits per heavy atom. The zero-order chi connectivity index (χ0) is 13.8. The number of aliphatic hydroxyl groups is 1. The molecule has 19 heavy (non-hydrogen) atoms. The van der Waals surface area contributed by atoms with E-state index in [2.05, 4.69) is 5.32 Å². The Morgan fingerprint density at radius 2 is 2.21 bits per heavy atom. The van der Waals surface area contributed by atoms with E-state index in [-0.39, 0.29) is 6.10 Å². The molecule has 3 N–H and O–H groups in total. The summed E-state index contributed by atoms with van der Waals surface area (Å²) in [6.45, 7) is 3.43. The lowest BCUT2D eigenvalue weighted by atomic mass is 9.86. The molecule has 1 saturated carbocycles. The Morgan fingerprint density at radius 3 is 2.84 bits per heavy atom. The van der Waals surface area contributed by atoms with Gasteiger partial charge in [0.15, 0.2) is 0 Å². The minimum atomic E-state index is -0.859. The molecule has 1 aliphatic rings. The molecule has 1 aromatic heterocycles. The quantitative estimate of drug-likeness (QED) is 0.776. The van der Waals surface area contributed by atoms with Crippen molar-refractivity contribution in [3.8, 4) is 0 Å². The first-order valence-corrected chi connectivity index (χ1v) is 7.61. The second-order valence-corrected chi connectivity index (χ2v) is 6.50. The van der Waals surface area contributed by atoms with E-state index in [1.54, 1.807) is 6.07 Å². The zero-order valence-electron chi connectivity index (χ0n) is 11.2. The van der Waals surface area contributed by atoms with Gasteiger partial charge >= 0.3 is 5.97 Å². The number of thiophene rings is 1. The fraction of sp³-hybridized carbons (Fsp3) is 0.643. The lowest BCUT2D eigenvalue weighted by Gasteiger charge is -2.27. The molecule has 0 saturated heterocycles. The Hall–Kier alpha value is -0.910. The molecule has 0 amide bonds. The van der Waals surface area contributed by atoms with Gasteiger partial charge in [0.05, 0.1) is 6.10 Å². The van der Waals surface area contributed by atoms with E-state index in [0.29, 0.717) is 17.3 Å². The fourth-order valence-corrected chi connectivity index (χ4v) is 3.50. The van der Waals surface area contributed by atoms with Crippen molar-refractivity contribution >= 4 is 17.3 Å². The third kappa shape index (κ3) is 3.78. The van der Waals surface area contributed by atoms with Crippen molar-refractivity contribution in [3.05, 3.63) is 21.4 Å². The molecule has 0 spiro atoms. The lowest BCUT2D eigenvalue weighted by Crippen LogP contribution is -2.33. The number of carboxylic acids is 1. The average molecular weight is 283 g/mol. The second kappa shape index (κ2) is 6.50. The number of aromatic carboxylic acids is 1. The predicted molar refractivity (Wildman–Crippen MR) is 75.7 cm³/mol. The van der Waals surface area contributed by atoms with Crippen molar-refractivity contribution in [2.45, 2.75) is 45.3 Å². The largest absolute Gasteiger partial charge is 0.477 e. The van der Waals surface area contributed by atoms with E-state index in [1.165, 1.54) is 17.8 Å². The van der Waals surface area contributed by atoms with E-state index in [1.807, 2.05) is 6.92 Å². The topological polar surface area (TPSA) is 69.6 Å². The number of rotatable bonds is 5. The Labute approximate surface area is 117 Å². The number of nitrogens with one attached hydrogen (secondary N) is 1. The monoisotopic (exact) mass is 283 g/mol. The highest BCUT2D eigenvalue weighted by Gasteiger charge is 2.22. The molecule has 0 radical (unpaired) electrons. The van der Waals surface area contributed by atoms with Crippen molar-refractivity contribution in [3.63, 3.8) is 0 Å². The lowest BCUT2D eigenvalue weighted by molar-refractivity contribution is 0.0694. The molecule has 0 aromatic carbocycles. The summed E-state index contributed by atoms with van der Waals surface area (Å²) in [4.78, 5) is 12.3. The van der Waals surface area contributed by atoms with E-state index in [9.17, 15) is 9.90 Å². The summed E-state index contributed by atoms with van der Waals surface area (Å²) in [5.74, 6) is -0.520. The molecule has 4 nitrogen and oxygen atoms in total. The first kappa shape index (κ1) is 14.5. The zero-order valence-corrected chi connectivity index (χ0v) is 12.0. The molecule has 1 aromatic rings. The van der Waals surface area contributed by atoms with Gasteiger partial charge in [-0.25, -0.2) is 4.79 Å². The maximum absolute atomic E-state index is 10.9. The van der Waals surface area contributed by atoms with Crippen LogP contribution in [0.4, 0.5) is 0 Å². The Bertz CT molecular complexity index is 444. The number of carboxylic acid groups (broad SMARTS) is 1. The summed E-state index contributed by atoms with van der Waals surface area (Å²) >= 11 is 1.32. The van der Waals surface area contributed by atoms with Crippen LogP contribution in [0.5, 0.6) is 0 Å². The van der Waals surface area contributed by atoms with E-state index in [0.717, 1.165) is 36.2 Å². The highest BCUT2D eigenvalue weighted by molar-refractivity contribution is 7.14. The standard InChI is InChI=1S/C14H21NO3S/c1-9-11(6-13(19-9)14(17)18)8-15-7-10-4-2-3-5-12(10)16/h6,10,12,15-16H,2-5,7-8H2,1H3,(H,17,18). The molecule has 0 aliphatic heterocycles. The summed E-state index contributed by atoms with van der Waals surface area (Å²) in [6.07, 6.45) is 4.14. The van der Waals surface area contributed by atoms with Crippen LogP contribution in [0.15, 0.2) is 6.07 Å². The molecule has 0 bridgehead atoms. The van der Waals surface area contributed by atoms with Crippen LogP contribution in [-0.2, 0) is 6.54 Å². The Kier molecular flexibility index (Phi) is 4.96. The second-order valence-electron chi connectivity index (χ2n) is 5.24. The molecule has 1 fully saturated rings. The van der Waals surface area contributed by atoms with Gasteiger partial charge in [0.25, 0.3) is 0 Å². The van der Waals surface area contributed by atoms with Crippen LogP contribution >= 0.6 is 11.3 Å². The van der Waals surface area contributed by atoms with Gasteiger partial charge < -0.3 is 15.5 Å².